The number of halogens is 1. The maximum Gasteiger partial charge on any atom is 0.224 e. The van der Waals surface area contributed by atoms with Crippen LogP contribution < -0.4 is 20.5 Å². The maximum atomic E-state index is 11.9. The second-order valence-electron chi connectivity index (χ2n) is 4.69. The van der Waals surface area contributed by atoms with E-state index in [0.29, 0.717) is 35.2 Å². The highest BCUT2D eigenvalue weighted by Gasteiger charge is 2.12. The van der Waals surface area contributed by atoms with E-state index in [2.05, 4.69) is 5.32 Å². The van der Waals surface area contributed by atoms with Crippen molar-refractivity contribution in [1.29, 1.82) is 0 Å². The summed E-state index contributed by atoms with van der Waals surface area (Å²) >= 11 is 6.02. The largest absolute Gasteiger partial charge is 0.495 e. The molecule has 0 spiro atoms. The van der Waals surface area contributed by atoms with Crippen LogP contribution in [0.15, 0.2) is 12.1 Å². The molecule has 118 valence electrons. The van der Waals surface area contributed by atoms with Crippen LogP contribution >= 0.6 is 11.6 Å². The van der Waals surface area contributed by atoms with Gasteiger partial charge >= 0.3 is 0 Å². The first kappa shape index (κ1) is 17.6. The molecule has 21 heavy (non-hydrogen) atoms. The number of carbonyl (C=O) groups excluding carboxylic acids is 1. The fraction of sp³-hybridized carbons (Fsp3) is 0.533. The maximum absolute atomic E-state index is 11.9. The molecule has 1 aromatic rings. The molecule has 0 atom stereocenters. The first-order valence-electron chi connectivity index (χ1n) is 7.03. The Labute approximate surface area is 130 Å². The minimum atomic E-state index is -0.0505. The van der Waals surface area contributed by atoms with Gasteiger partial charge in [0.05, 0.1) is 24.9 Å². The molecule has 0 aliphatic heterocycles. The Balaban J connectivity index is 2.58. The molecule has 0 heterocycles. The minimum Gasteiger partial charge on any atom is -0.495 e. The molecule has 0 fully saturated rings. The van der Waals surface area contributed by atoms with Crippen LogP contribution in [0.4, 0.5) is 5.69 Å². The molecular weight excluding hydrogens is 292 g/mol. The molecule has 1 aromatic carbocycles. The van der Waals surface area contributed by atoms with Gasteiger partial charge in [-0.3, -0.25) is 4.79 Å². The number of hydrogen-bond acceptors (Lipinski definition) is 4. The monoisotopic (exact) mass is 314 g/mol. The number of rotatable bonds is 9. The van der Waals surface area contributed by atoms with Gasteiger partial charge < -0.3 is 20.5 Å². The minimum absolute atomic E-state index is 0.0505. The van der Waals surface area contributed by atoms with Crippen molar-refractivity contribution in [3.8, 4) is 11.5 Å². The summed E-state index contributed by atoms with van der Waals surface area (Å²) in [6, 6.07) is 3.28. The molecular formula is C15H23ClN2O3. The number of hydrogen-bond donors (Lipinski definition) is 2. The molecule has 3 N–H and O–H groups in total. The summed E-state index contributed by atoms with van der Waals surface area (Å²) in [5.41, 5.74) is 5.99. The normalized spacial score (nSPS) is 10.3. The third kappa shape index (κ3) is 5.81. The average Bonchev–Trinajstić information content (AvgIpc) is 2.48. The molecule has 0 radical (unpaired) electrons. The Hall–Kier alpha value is -1.46. The Morgan fingerprint density at radius 3 is 2.43 bits per heavy atom. The summed E-state index contributed by atoms with van der Waals surface area (Å²) in [5, 5.41) is 3.27. The summed E-state index contributed by atoms with van der Waals surface area (Å²) in [4.78, 5) is 11.9. The molecule has 0 bridgehead atoms. The third-order valence-electron chi connectivity index (χ3n) is 3.11. The quantitative estimate of drug-likeness (QED) is 0.686. The number of nitrogens with two attached hydrogens (primary N) is 1. The van der Waals surface area contributed by atoms with Gasteiger partial charge in [0.1, 0.15) is 11.5 Å². The second kappa shape index (κ2) is 9.47. The van der Waals surface area contributed by atoms with Crippen LogP contribution in [-0.4, -0.2) is 26.7 Å². The van der Waals surface area contributed by atoms with Crippen LogP contribution in [0.5, 0.6) is 11.5 Å². The SMILES string of the molecule is COc1cc(NC(=O)CCCCCCN)c(OC)cc1Cl. The fourth-order valence-corrected chi connectivity index (χ4v) is 2.19. The number of anilines is 1. The molecule has 0 aliphatic carbocycles. The van der Waals surface area contributed by atoms with E-state index in [1.54, 1.807) is 12.1 Å². The molecule has 6 heteroatoms. The van der Waals surface area contributed by atoms with E-state index in [9.17, 15) is 4.79 Å². The standard InChI is InChI=1S/C15H23ClN2O3/c1-20-13-10-12(14(21-2)9-11(13)16)18-15(19)7-5-3-4-6-8-17/h9-10H,3-8,17H2,1-2H3,(H,18,19). The van der Waals surface area contributed by atoms with Crippen LogP contribution in [0.25, 0.3) is 0 Å². The van der Waals surface area contributed by atoms with Crippen molar-refractivity contribution in [2.75, 3.05) is 26.1 Å². The van der Waals surface area contributed by atoms with Crippen molar-refractivity contribution in [3.05, 3.63) is 17.2 Å². The van der Waals surface area contributed by atoms with Crippen molar-refractivity contribution < 1.29 is 14.3 Å². The first-order chi connectivity index (χ1) is 10.1. The predicted octanol–water partition coefficient (Wildman–Crippen LogP) is 3.20. The van der Waals surface area contributed by atoms with Crippen molar-refractivity contribution >= 4 is 23.2 Å². The van der Waals surface area contributed by atoms with E-state index < -0.39 is 0 Å². The number of unbranched alkanes of at least 4 members (excludes halogenated alkanes) is 3. The highest BCUT2D eigenvalue weighted by molar-refractivity contribution is 6.32. The lowest BCUT2D eigenvalue weighted by Gasteiger charge is -2.13. The summed E-state index contributed by atoms with van der Waals surface area (Å²) in [6.07, 6.45) is 4.38. The van der Waals surface area contributed by atoms with Gasteiger partial charge in [0, 0.05) is 18.6 Å². The molecule has 0 aliphatic rings. The molecule has 5 nitrogen and oxygen atoms in total. The second-order valence-corrected chi connectivity index (χ2v) is 5.10. The zero-order valence-electron chi connectivity index (χ0n) is 12.6. The molecule has 0 unspecified atom stereocenters. The topological polar surface area (TPSA) is 73.6 Å². The molecule has 0 saturated heterocycles. The van der Waals surface area contributed by atoms with Gasteiger partial charge in [-0.05, 0) is 19.4 Å². The molecule has 0 aromatic heterocycles. The van der Waals surface area contributed by atoms with Gasteiger partial charge in [-0.15, -0.1) is 0 Å². The van der Waals surface area contributed by atoms with Crippen LogP contribution in [0, 0.1) is 0 Å². The number of methoxy groups -OCH3 is 2. The van der Waals surface area contributed by atoms with Crippen LogP contribution in [0.2, 0.25) is 5.02 Å². The number of carbonyl (C=O) groups is 1. The fourth-order valence-electron chi connectivity index (χ4n) is 1.95. The van der Waals surface area contributed by atoms with Gasteiger partial charge in [-0.1, -0.05) is 24.4 Å². The zero-order valence-corrected chi connectivity index (χ0v) is 13.3. The van der Waals surface area contributed by atoms with Gasteiger partial charge in [-0.25, -0.2) is 0 Å². The van der Waals surface area contributed by atoms with E-state index >= 15 is 0 Å². The first-order valence-corrected chi connectivity index (χ1v) is 7.41. The molecule has 1 amide bonds. The van der Waals surface area contributed by atoms with Gasteiger partial charge in [0.25, 0.3) is 0 Å². The lowest BCUT2D eigenvalue weighted by atomic mass is 10.1. The number of ether oxygens (including phenoxy) is 2. The Morgan fingerprint density at radius 1 is 1.14 bits per heavy atom. The van der Waals surface area contributed by atoms with E-state index in [0.717, 1.165) is 25.7 Å². The number of nitrogens with one attached hydrogen (secondary N) is 1. The Kier molecular flexibility index (Phi) is 7.93. The van der Waals surface area contributed by atoms with Crippen LogP contribution in [0.3, 0.4) is 0 Å². The zero-order chi connectivity index (χ0) is 15.7. The van der Waals surface area contributed by atoms with Gasteiger partial charge in [-0.2, -0.15) is 0 Å². The molecule has 1 rings (SSSR count). The van der Waals surface area contributed by atoms with E-state index in [4.69, 9.17) is 26.8 Å². The summed E-state index contributed by atoms with van der Waals surface area (Å²) in [6.45, 7) is 0.702. The predicted molar refractivity (Wildman–Crippen MR) is 85.3 cm³/mol. The van der Waals surface area contributed by atoms with Crippen molar-refractivity contribution in [2.45, 2.75) is 32.1 Å². The number of benzene rings is 1. The third-order valence-corrected chi connectivity index (χ3v) is 3.40. The van der Waals surface area contributed by atoms with E-state index in [1.165, 1.54) is 14.2 Å². The Morgan fingerprint density at radius 2 is 1.81 bits per heavy atom. The van der Waals surface area contributed by atoms with Crippen molar-refractivity contribution in [2.24, 2.45) is 5.73 Å². The van der Waals surface area contributed by atoms with E-state index in [-0.39, 0.29) is 5.91 Å². The summed E-state index contributed by atoms with van der Waals surface area (Å²) in [5.74, 6) is 0.957. The van der Waals surface area contributed by atoms with Crippen LogP contribution in [-0.2, 0) is 4.79 Å². The summed E-state index contributed by atoms with van der Waals surface area (Å²) in [7, 11) is 3.05. The van der Waals surface area contributed by atoms with Gasteiger partial charge in [0.15, 0.2) is 0 Å². The smallest absolute Gasteiger partial charge is 0.224 e. The van der Waals surface area contributed by atoms with Crippen LogP contribution in [0.1, 0.15) is 32.1 Å². The van der Waals surface area contributed by atoms with Gasteiger partial charge in [0.2, 0.25) is 5.91 Å². The average molecular weight is 315 g/mol. The highest BCUT2D eigenvalue weighted by Crippen LogP contribution is 2.35. The molecule has 0 saturated carbocycles. The lowest BCUT2D eigenvalue weighted by Crippen LogP contribution is -2.12. The van der Waals surface area contributed by atoms with Crippen molar-refractivity contribution in [3.63, 3.8) is 0 Å². The van der Waals surface area contributed by atoms with E-state index in [1.807, 2.05) is 0 Å². The Bertz CT molecular complexity index is 466. The number of amides is 1. The summed E-state index contributed by atoms with van der Waals surface area (Å²) < 4.78 is 10.4. The van der Waals surface area contributed by atoms with Crippen molar-refractivity contribution in [1.82, 2.24) is 0 Å². The lowest BCUT2D eigenvalue weighted by molar-refractivity contribution is -0.116. The highest BCUT2D eigenvalue weighted by atomic mass is 35.5.